The van der Waals surface area contributed by atoms with E-state index in [0.29, 0.717) is 18.2 Å². The highest BCUT2D eigenvalue weighted by Gasteiger charge is 2.09. The second kappa shape index (κ2) is 7.90. The number of nitrogen functional groups attached to an aromatic ring is 1. The normalized spacial score (nSPS) is 10.5. The lowest BCUT2D eigenvalue weighted by atomic mass is 10.2. The van der Waals surface area contributed by atoms with Crippen molar-refractivity contribution in [3.8, 4) is 5.75 Å². The summed E-state index contributed by atoms with van der Waals surface area (Å²) in [5.74, 6) is 2.04. The quantitative estimate of drug-likeness (QED) is 0.695. The van der Waals surface area contributed by atoms with Crippen molar-refractivity contribution in [3.05, 3.63) is 66.1 Å². The molecule has 0 bridgehead atoms. The van der Waals surface area contributed by atoms with Crippen LogP contribution in [0.3, 0.4) is 0 Å². The fraction of sp³-hybridized carbons (Fsp3) is 0.158. The molecule has 0 saturated heterocycles. The molecule has 5 nitrogen and oxygen atoms in total. The third-order valence-corrected chi connectivity index (χ3v) is 4.80. The summed E-state index contributed by atoms with van der Waals surface area (Å²) in [6.07, 6.45) is 1.76. The molecule has 0 atom stereocenters. The Kier molecular flexibility index (Phi) is 5.40. The number of aromatic nitrogens is 2. The van der Waals surface area contributed by atoms with Crippen LogP contribution in [-0.4, -0.2) is 17.1 Å². The lowest BCUT2D eigenvalue weighted by Gasteiger charge is -2.14. The Bertz CT molecular complexity index is 870. The molecule has 25 heavy (non-hydrogen) atoms. The Labute approximate surface area is 151 Å². The second-order valence-corrected chi connectivity index (χ2v) is 6.51. The summed E-state index contributed by atoms with van der Waals surface area (Å²) in [5.41, 5.74) is 7.88. The summed E-state index contributed by atoms with van der Waals surface area (Å²) in [6.45, 7) is 2.39. The first-order chi connectivity index (χ1) is 12.2. The number of hydrogen-bond acceptors (Lipinski definition) is 6. The fourth-order valence-corrected chi connectivity index (χ4v) is 3.39. The highest BCUT2D eigenvalue weighted by atomic mass is 32.2. The Morgan fingerprint density at radius 2 is 1.80 bits per heavy atom. The van der Waals surface area contributed by atoms with Gasteiger partial charge in [0.2, 0.25) is 0 Å². The van der Waals surface area contributed by atoms with E-state index in [1.54, 1.807) is 25.1 Å². The van der Waals surface area contributed by atoms with Gasteiger partial charge in [-0.15, -0.1) is 0 Å². The number of nitrogens with zero attached hydrogens (tertiary/aromatic N) is 2. The van der Waals surface area contributed by atoms with Crippen molar-refractivity contribution in [3.63, 3.8) is 0 Å². The van der Waals surface area contributed by atoms with Crippen LogP contribution in [0.1, 0.15) is 11.4 Å². The van der Waals surface area contributed by atoms with Gasteiger partial charge in [-0.1, -0.05) is 36.0 Å². The predicted octanol–water partition coefficient (Wildman–Crippen LogP) is 4.14. The first kappa shape index (κ1) is 17.1. The van der Waals surface area contributed by atoms with E-state index in [1.165, 1.54) is 0 Å². The zero-order valence-corrected chi connectivity index (χ0v) is 15.0. The van der Waals surface area contributed by atoms with E-state index in [0.717, 1.165) is 26.8 Å². The molecule has 3 N–H and O–H groups in total. The summed E-state index contributed by atoms with van der Waals surface area (Å²) < 4.78 is 5.44. The van der Waals surface area contributed by atoms with E-state index in [9.17, 15) is 0 Å². The van der Waals surface area contributed by atoms with E-state index in [4.69, 9.17) is 10.5 Å². The molecule has 0 aliphatic rings. The van der Waals surface area contributed by atoms with Crippen molar-refractivity contribution in [1.29, 1.82) is 0 Å². The van der Waals surface area contributed by atoms with E-state index in [1.807, 2.05) is 49.4 Å². The fourth-order valence-electron chi connectivity index (χ4n) is 2.36. The summed E-state index contributed by atoms with van der Waals surface area (Å²) in [5, 5.41) is 3.43. The number of nitrogens with one attached hydrogen (secondary N) is 1. The molecule has 6 heteroatoms. The maximum atomic E-state index is 5.97. The maximum absolute atomic E-state index is 5.97. The number of para-hydroxylation sites is 2. The first-order valence-corrected chi connectivity index (χ1v) is 8.71. The van der Waals surface area contributed by atoms with Crippen LogP contribution in [0.5, 0.6) is 5.75 Å². The molecule has 0 aliphatic carbocycles. The topological polar surface area (TPSA) is 73.1 Å². The predicted molar refractivity (Wildman–Crippen MR) is 102 cm³/mol. The zero-order valence-electron chi connectivity index (χ0n) is 14.2. The Balaban J connectivity index is 1.79. The molecule has 0 fully saturated rings. The van der Waals surface area contributed by atoms with Crippen molar-refractivity contribution < 1.29 is 4.74 Å². The van der Waals surface area contributed by atoms with Gasteiger partial charge in [0, 0.05) is 28.9 Å². The number of methoxy groups -OCH3 is 1. The third kappa shape index (κ3) is 4.22. The summed E-state index contributed by atoms with van der Waals surface area (Å²) in [6, 6.07) is 16.1. The van der Waals surface area contributed by atoms with E-state index in [2.05, 4.69) is 21.4 Å². The van der Waals surface area contributed by atoms with Crippen molar-refractivity contribution in [2.45, 2.75) is 23.3 Å². The van der Waals surface area contributed by atoms with Gasteiger partial charge in [0.05, 0.1) is 12.0 Å². The summed E-state index contributed by atoms with van der Waals surface area (Å²) in [7, 11) is 1.68. The van der Waals surface area contributed by atoms with Crippen molar-refractivity contribution in [2.75, 3.05) is 18.2 Å². The molecular formula is C19H20N4OS. The lowest BCUT2D eigenvalue weighted by molar-refractivity contribution is 0.405. The van der Waals surface area contributed by atoms with Gasteiger partial charge >= 0.3 is 0 Å². The lowest BCUT2D eigenvalue weighted by Crippen LogP contribution is -2.07. The van der Waals surface area contributed by atoms with Crippen LogP contribution in [0.2, 0.25) is 0 Å². The summed E-state index contributed by atoms with van der Waals surface area (Å²) >= 11 is 1.66. The molecule has 3 aromatic rings. The largest absolute Gasteiger partial charge is 0.496 e. The second-order valence-electron chi connectivity index (χ2n) is 5.43. The minimum atomic E-state index is 0.509. The van der Waals surface area contributed by atoms with Crippen LogP contribution in [0.15, 0.2) is 64.5 Å². The number of rotatable bonds is 6. The third-order valence-electron chi connectivity index (χ3n) is 3.66. The van der Waals surface area contributed by atoms with Gasteiger partial charge < -0.3 is 15.8 Å². The van der Waals surface area contributed by atoms with Crippen LogP contribution in [0.4, 0.5) is 11.5 Å². The monoisotopic (exact) mass is 352 g/mol. The molecule has 0 radical (unpaired) electrons. The molecular weight excluding hydrogens is 332 g/mol. The van der Waals surface area contributed by atoms with Crippen LogP contribution in [0.25, 0.3) is 0 Å². The molecule has 0 unspecified atom stereocenters. The van der Waals surface area contributed by atoms with Crippen molar-refractivity contribution in [1.82, 2.24) is 9.97 Å². The van der Waals surface area contributed by atoms with Crippen LogP contribution < -0.4 is 15.8 Å². The van der Waals surface area contributed by atoms with E-state index < -0.39 is 0 Å². The van der Waals surface area contributed by atoms with E-state index in [-0.39, 0.29) is 0 Å². The highest BCUT2D eigenvalue weighted by molar-refractivity contribution is 7.99. The maximum Gasteiger partial charge on any atom is 0.132 e. The molecule has 1 heterocycles. The number of hydrogen-bond donors (Lipinski definition) is 2. The highest BCUT2D eigenvalue weighted by Crippen LogP contribution is 2.38. The van der Waals surface area contributed by atoms with Gasteiger partial charge in [-0.25, -0.2) is 9.97 Å². The average molecular weight is 352 g/mol. The Morgan fingerprint density at radius 3 is 2.56 bits per heavy atom. The Morgan fingerprint density at radius 1 is 1.08 bits per heavy atom. The molecule has 128 valence electrons. The van der Waals surface area contributed by atoms with Crippen LogP contribution in [0, 0.1) is 6.92 Å². The molecule has 1 aromatic heterocycles. The zero-order chi connectivity index (χ0) is 17.6. The minimum Gasteiger partial charge on any atom is -0.496 e. The van der Waals surface area contributed by atoms with Gasteiger partial charge in [0.25, 0.3) is 0 Å². The van der Waals surface area contributed by atoms with Gasteiger partial charge in [-0.3, -0.25) is 0 Å². The van der Waals surface area contributed by atoms with Gasteiger partial charge in [-0.05, 0) is 31.2 Å². The van der Waals surface area contributed by atoms with Crippen LogP contribution >= 0.6 is 11.8 Å². The molecule has 3 rings (SSSR count). The average Bonchev–Trinajstić information content (AvgIpc) is 2.62. The van der Waals surface area contributed by atoms with Crippen molar-refractivity contribution in [2.24, 2.45) is 0 Å². The molecule has 0 amide bonds. The Hall–Kier alpha value is -2.73. The van der Waals surface area contributed by atoms with Crippen molar-refractivity contribution >= 4 is 23.3 Å². The number of nitrogens with two attached hydrogens (primary N) is 1. The number of anilines is 2. The minimum absolute atomic E-state index is 0.509. The molecule has 2 aromatic carbocycles. The van der Waals surface area contributed by atoms with Gasteiger partial charge in [0.1, 0.15) is 17.4 Å². The van der Waals surface area contributed by atoms with Gasteiger partial charge in [-0.2, -0.15) is 0 Å². The first-order valence-electron chi connectivity index (χ1n) is 7.89. The van der Waals surface area contributed by atoms with Crippen LogP contribution in [-0.2, 0) is 6.54 Å². The molecule has 0 saturated carbocycles. The SMILES string of the molecule is COc1ccccc1Sc1ccccc1NCc1cnc(C)nc1N. The smallest absolute Gasteiger partial charge is 0.132 e. The number of benzene rings is 2. The summed E-state index contributed by atoms with van der Waals surface area (Å²) in [4.78, 5) is 10.6. The van der Waals surface area contributed by atoms with E-state index >= 15 is 0 Å². The van der Waals surface area contributed by atoms with Gasteiger partial charge in [0.15, 0.2) is 0 Å². The number of aryl methyl sites for hydroxylation is 1. The standard InChI is InChI=1S/C19H20N4OS/c1-13-21-11-14(19(20)23-13)12-22-15-7-3-5-9-17(15)25-18-10-6-4-8-16(18)24-2/h3-11,22H,12H2,1-2H3,(H2,20,21,23). The molecule has 0 aliphatic heterocycles. The molecule has 0 spiro atoms. The number of ether oxygens (including phenoxy) is 1.